The number of nitrogens with one attached hydrogen (secondary N) is 1. The number of carbonyl (C=O) groups excluding carboxylic acids is 2. The van der Waals surface area contributed by atoms with Crippen LogP contribution in [0.25, 0.3) is 0 Å². The van der Waals surface area contributed by atoms with Gasteiger partial charge >= 0.3 is 0 Å². The van der Waals surface area contributed by atoms with E-state index in [4.69, 9.17) is 0 Å². The van der Waals surface area contributed by atoms with Crippen LogP contribution in [-0.4, -0.2) is 35.8 Å². The largest absolute Gasteiger partial charge is 0.349 e. The summed E-state index contributed by atoms with van der Waals surface area (Å²) in [7, 11) is 0. The summed E-state index contributed by atoms with van der Waals surface area (Å²) < 4.78 is 1.01. The van der Waals surface area contributed by atoms with Crippen LogP contribution in [0.15, 0.2) is 59.1 Å². The van der Waals surface area contributed by atoms with Crippen LogP contribution in [0.4, 0.5) is 0 Å². The molecule has 0 spiro atoms. The number of rotatable bonds is 4. The standard InChI is InChI=1S/C20H21BrN2O2/c21-17-8-6-15(7-9-17)14-19(24)23-12-10-18(11-13-23)22-20(25)16-4-2-1-3-5-16/h1-9,18H,10-14H2,(H,22,25). The molecular formula is C20H21BrN2O2. The van der Waals surface area contributed by atoms with Crippen molar-refractivity contribution in [3.05, 3.63) is 70.2 Å². The molecule has 1 aliphatic rings. The third-order valence-electron chi connectivity index (χ3n) is 4.49. The van der Waals surface area contributed by atoms with E-state index in [1.165, 1.54) is 0 Å². The molecule has 25 heavy (non-hydrogen) atoms. The van der Waals surface area contributed by atoms with Crippen LogP contribution in [-0.2, 0) is 11.2 Å². The van der Waals surface area contributed by atoms with Crippen LogP contribution >= 0.6 is 15.9 Å². The summed E-state index contributed by atoms with van der Waals surface area (Å²) in [6.07, 6.45) is 2.02. The predicted octanol–water partition coefficient (Wildman–Crippen LogP) is 3.41. The monoisotopic (exact) mass is 400 g/mol. The lowest BCUT2D eigenvalue weighted by Gasteiger charge is -2.32. The first-order valence-electron chi connectivity index (χ1n) is 8.50. The van der Waals surface area contributed by atoms with Crippen molar-refractivity contribution >= 4 is 27.7 Å². The molecule has 4 nitrogen and oxygen atoms in total. The highest BCUT2D eigenvalue weighted by Gasteiger charge is 2.24. The summed E-state index contributed by atoms with van der Waals surface area (Å²) >= 11 is 3.40. The Morgan fingerprint density at radius 3 is 2.28 bits per heavy atom. The Morgan fingerprint density at radius 1 is 1.00 bits per heavy atom. The number of likely N-dealkylation sites (tertiary alicyclic amines) is 1. The van der Waals surface area contributed by atoms with Crippen LogP contribution in [0.5, 0.6) is 0 Å². The summed E-state index contributed by atoms with van der Waals surface area (Å²) in [5.74, 6) is 0.107. The minimum absolute atomic E-state index is 0.0414. The lowest BCUT2D eigenvalue weighted by molar-refractivity contribution is -0.131. The third-order valence-corrected chi connectivity index (χ3v) is 5.02. The maximum Gasteiger partial charge on any atom is 0.251 e. The van der Waals surface area contributed by atoms with Gasteiger partial charge in [-0.1, -0.05) is 46.3 Å². The summed E-state index contributed by atoms with van der Waals surface area (Å²) in [6.45, 7) is 1.38. The van der Waals surface area contributed by atoms with E-state index < -0.39 is 0 Å². The zero-order valence-electron chi connectivity index (χ0n) is 14.0. The summed E-state index contributed by atoms with van der Waals surface area (Å²) in [5, 5.41) is 3.07. The highest BCUT2D eigenvalue weighted by Crippen LogP contribution is 2.15. The number of halogens is 1. The average Bonchev–Trinajstić information content (AvgIpc) is 2.65. The summed E-state index contributed by atoms with van der Waals surface area (Å²) in [5.41, 5.74) is 1.70. The number of amides is 2. The molecule has 1 aliphatic heterocycles. The van der Waals surface area contributed by atoms with Crippen molar-refractivity contribution in [3.63, 3.8) is 0 Å². The molecule has 0 unspecified atom stereocenters. The van der Waals surface area contributed by atoms with Gasteiger partial charge in [0.05, 0.1) is 6.42 Å². The second-order valence-electron chi connectivity index (χ2n) is 6.30. The van der Waals surface area contributed by atoms with Crippen LogP contribution in [0.3, 0.4) is 0 Å². The summed E-state index contributed by atoms with van der Waals surface area (Å²) in [4.78, 5) is 26.5. The molecule has 3 rings (SSSR count). The highest BCUT2D eigenvalue weighted by molar-refractivity contribution is 9.10. The Balaban J connectivity index is 1.47. The van der Waals surface area contributed by atoms with Crippen molar-refractivity contribution in [2.75, 3.05) is 13.1 Å². The number of nitrogens with zero attached hydrogens (tertiary/aromatic N) is 1. The Bertz CT molecular complexity index is 723. The maximum atomic E-state index is 12.4. The molecule has 0 bridgehead atoms. The molecule has 0 aromatic heterocycles. The predicted molar refractivity (Wildman–Crippen MR) is 101 cm³/mol. The van der Waals surface area contributed by atoms with Crippen molar-refractivity contribution in [1.82, 2.24) is 10.2 Å². The zero-order chi connectivity index (χ0) is 17.6. The van der Waals surface area contributed by atoms with Crippen LogP contribution < -0.4 is 5.32 Å². The molecule has 1 fully saturated rings. The van der Waals surface area contributed by atoms with E-state index in [2.05, 4.69) is 21.2 Å². The van der Waals surface area contributed by atoms with E-state index in [0.29, 0.717) is 25.1 Å². The van der Waals surface area contributed by atoms with E-state index >= 15 is 0 Å². The molecule has 1 heterocycles. The first-order chi connectivity index (χ1) is 12.1. The molecule has 1 saturated heterocycles. The normalized spacial score (nSPS) is 15.0. The van der Waals surface area contributed by atoms with Crippen molar-refractivity contribution in [2.45, 2.75) is 25.3 Å². The van der Waals surface area contributed by atoms with Gasteiger partial charge in [0, 0.05) is 29.2 Å². The molecule has 0 aliphatic carbocycles. The molecule has 5 heteroatoms. The van der Waals surface area contributed by atoms with Gasteiger partial charge in [0.15, 0.2) is 0 Å². The van der Waals surface area contributed by atoms with E-state index in [1.807, 2.05) is 59.5 Å². The Morgan fingerprint density at radius 2 is 1.64 bits per heavy atom. The topological polar surface area (TPSA) is 49.4 Å². The Hall–Kier alpha value is -2.14. The van der Waals surface area contributed by atoms with E-state index in [1.54, 1.807) is 0 Å². The smallest absolute Gasteiger partial charge is 0.251 e. The average molecular weight is 401 g/mol. The van der Waals surface area contributed by atoms with Crippen LogP contribution in [0, 0.1) is 0 Å². The van der Waals surface area contributed by atoms with E-state index in [9.17, 15) is 9.59 Å². The van der Waals surface area contributed by atoms with Crippen molar-refractivity contribution in [2.24, 2.45) is 0 Å². The van der Waals surface area contributed by atoms with Gasteiger partial charge in [-0.3, -0.25) is 9.59 Å². The first-order valence-corrected chi connectivity index (χ1v) is 9.29. The van der Waals surface area contributed by atoms with Gasteiger partial charge in [-0.2, -0.15) is 0 Å². The Kier molecular flexibility index (Phi) is 5.87. The fourth-order valence-electron chi connectivity index (χ4n) is 3.02. The van der Waals surface area contributed by atoms with Crippen molar-refractivity contribution < 1.29 is 9.59 Å². The SMILES string of the molecule is O=C(NC1CCN(C(=O)Cc2ccc(Br)cc2)CC1)c1ccccc1. The van der Waals surface area contributed by atoms with Gasteiger partial charge in [-0.15, -0.1) is 0 Å². The molecule has 0 radical (unpaired) electrons. The number of benzene rings is 2. The van der Waals surface area contributed by atoms with E-state index in [-0.39, 0.29) is 17.9 Å². The number of carbonyl (C=O) groups is 2. The van der Waals surface area contributed by atoms with E-state index in [0.717, 1.165) is 22.9 Å². The lowest BCUT2D eigenvalue weighted by Crippen LogP contribution is -2.46. The maximum absolute atomic E-state index is 12.4. The Labute approximate surface area is 156 Å². The van der Waals surface area contributed by atoms with Gasteiger partial charge in [-0.05, 0) is 42.7 Å². The van der Waals surface area contributed by atoms with Crippen molar-refractivity contribution in [3.8, 4) is 0 Å². The minimum Gasteiger partial charge on any atom is -0.349 e. The molecule has 1 N–H and O–H groups in total. The third kappa shape index (κ3) is 4.92. The number of hydrogen-bond acceptors (Lipinski definition) is 2. The molecule has 2 aromatic carbocycles. The molecule has 0 atom stereocenters. The molecular weight excluding hydrogens is 380 g/mol. The zero-order valence-corrected chi connectivity index (χ0v) is 15.5. The van der Waals surface area contributed by atoms with Gasteiger partial charge in [0.1, 0.15) is 0 Å². The highest BCUT2D eigenvalue weighted by atomic mass is 79.9. The fourth-order valence-corrected chi connectivity index (χ4v) is 3.28. The minimum atomic E-state index is -0.0414. The fraction of sp³-hybridized carbons (Fsp3) is 0.300. The van der Waals surface area contributed by atoms with Gasteiger partial charge < -0.3 is 10.2 Å². The molecule has 2 amide bonds. The quantitative estimate of drug-likeness (QED) is 0.854. The lowest BCUT2D eigenvalue weighted by atomic mass is 10.0. The summed E-state index contributed by atoms with van der Waals surface area (Å²) in [6, 6.07) is 17.2. The second kappa shape index (κ2) is 8.30. The van der Waals surface area contributed by atoms with Gasteiger partial charge in [0.2, 0.25) is 5.91 Å². The first kappa shape index (κ1) is 17.7. The molecule has 130 valence electrons. The number of piperidine rings is 1. The van der Waals surface area contributed by atoms with Crippen molar-refractivity contribution in [1.29, 1.82) is 0 Å². The van der Waals surface area contributed by atoms with Crippen LogP contribution in [0.2, 0.25) is 0 Å². The molecule has 2 aromatic rings. The van der Waals surface area contributed by atoms with Crippen LogP contribution in [0.1, 0.15) is 28.8 Å². The number of hydrogen-bond donors (Lipinski definition) is 1. The molecule has 0 saturated carbocycles. The van der Waals surface area contributed by atoms with Gasteiger partial charge in [0.25, 0.3) is 5.91 Å². The second-order valence-corrected chi connectivity index (χ2v) is 7.21. The van der Waals surface area contributed by atoms with Gasteiger partial charge in [-0.25, -0.2) is 0 Å².